The number of aliphatic hydroxyl groups is 1. The van der Waals surface area contributed by atoms with Crippen LogP contribution < -0.4 is 5.73 Å². The average Bonchev–Trinajstić information content (AvgIpc) is 2.43. The molecule has 1 aliphatic rings. The van der Waals surface area contributed by atoms with Gasteiger partial charge >= 0.3 is 0 Å². The first kappa shape index (κ1) is 17.2. The minimum atomic E-state index is -0.420. The van der Waals surface area contributed by atoms with Crippen molar-refractivity contribution in [2.75, 3.05) is 6.54 Å². The summed E-state index contributed by atoms with van der Waals surface area (Å²) in [5.74, 6) is -0.154. The molecule has 0 radical (unpaired) electrons. The fourth-order valence-electron chi connectivity index (χ4n) is 2.30. The molecular weight excluding hydrogens is 264 g/mol. The number of carbonyl (C=O) groups excluding carboxylic acids is 1. The summed E-state index contributed by atoms with van der Waals surface area (Å²) in [6.07, 6.45) is 4.64. The molecule has 1 saturated heterocycles. The Morgan fingerprint density at radius 3 is 2.48 bits per heavy atom. The van der Waals surface area contributed by atoms with Crippen molar-refractivity contribution in [2.45, 2.75) is 45.7 Å². The van der Waals surface area contributed by atoms with Crippen LogP contribution in [0.15, 0.2) is 47.8 Å². The highest BCUT2D eigenvalue weighted by molar-refractivity contribution is 5.97. The van der Waals surface area contributed by atoms with Crippen molar-refractivity contribution in [2.24, 2.45) is 5.73 Å². The molecule has 116 valence electrons. The third-order valence-corrected chi connectivity index (χ3v) is 3.92. The van der Waals surface area contributed by atoms with E-state index in [2.05, 4.69) is 13.2 Å². The van der Waals surface area contributed by atoms with Gasteiger partial charge in [0.05, 0.1) is 6.04 Å². The topological polar surface area (TPSA) is 66.6 Å². The van der Waals surface area contributed by atoms with E-state index in [1.54, 1.807) is 11.0 Å². The number of rotatable bonds is 4. The second-order valence-corrected chi connectivity index (χ2v) is 5.78. The Hall–Kier alpha value is -1.81. The molecule has 1 aliphatic heterocycles. The van der Waals surface area contributed by atoms with Crippen molar-refractivity contribution >= 4 is 5.91 Å². The first-order chi connectivity index (χ1) is 9.77. The summed E-state index contributed by atoms with van der Waals surface area (Å²) in [5, 5.41) is 9.74. The molecule has 0 saturated carbocycles. The van der Waals surface area contributed by atoms with Crippen LogP contribution in [0, 0.1) is 0 Å². The minimum Gasteiger partial charge on any atom is -0.511 e. The van der Waals surface area contributed by atoms with E-state index in [0.717, 1.165) is 17.6 Å². The maximum absolute atomic E-state index is 12.7. The van der Waals surface area contributed by atoms with Gasteiger partial charge in [-0.3, -0.25) is 4.79 Å². The summed E-state index contributed by atoms with van der Waals surface area (Å²) >= 11 is 0. The molecule has 0 aromatic rings. The van der Waals surface area contributed by atoms with Crippen molar-refractivity contribution < 1.29 is 9.90 Å². The molecule has 1 rings (SSSR count). The van der Waals surface area contributed by atoms with Gasteiger partial charge in [-0.05, 0) is 39.7 Å². The van der Waals surface area contributed by atoms with Gasteiger partial charge in [-0.2, -0.15) is 0 Å². The van der Waals surface area contributed by atoms with Crippen LogP contribution in [0.1, 0.15) is 33.6 Å². The highest BCUT2D eigenvalue weighted by Crippen LogP contribution is 2.23. The van der Waals surface area contributed by atoms with Crippen LogP contribution in [-0.4, -0.2) is 34.5 Å². The number of likely N-dealkylation sites (tertiary alicyclic amines) is 1. The largest absolute Gasteiger partial charge is 0.511 e. The molecule has 1 fully saturated rings. The number of amides is 1. The number of allylic oxidation sites excluding steroid dienone is 3. The van der Waals surface area contributed by atoms with E-state index >= 15 is 0 Å². The van der Waals surface area contributed by atoms with E-state index in [9.17, 15) is 9.90 Å². The summed E-state index contributed by atoms with van der Waals surface area (Å²) in [5.41, 5.74) is 8.62. The van der Waals surface area contributed by atoms with Crippen LogP contribution in [0.5, 0.6) is 0 Å². The van der Waals surface area contributed by atoms with Crippen LogP contribution in [0.25, 0.3) is 0 Å². The van der Waals surface area contributed by atoms with Gasteiger partial charge in [-0.1, -0.05) is 30.4 Å². The highest BCUT2D eigenvalue weighted by atomic mass is 16.3. The monoisotopic (exact) mass is 290 g/mol. The summed E-state index contributed by atoms with van der Waals surface area (Å²) in [6, 6.07) is -0.435. The van der Waals surface area contributed by atoms with Crippen LogP contribution in [0.2, 0.25) is 0 Å². The molecular formula is C17H26N2O2. The van der Waals surface area contributed by atoms with Gasteiger partial charge in [-0.25, -0.2) is 0 Å². The lowest BCUT2D eigenvalue weighted by Crippen LogP contribution is -2.50. The second kappa shape index (κ2) is 7.27. The van der Waals surface area contributed by atoms with Gasteiger partial charge in [0.1, 0.15) is 5.76 Å². The van der Waals surface area contributed by atoms with Crippen molar-refractivity contribution in [1.82, 2.24) is 4.90 Å². The van der Waals surface area contributed by atoms with Gasteiger partial charge in [0.15, 0.2) is 0 Å². The maximum atomic E-state index is 12.7. The number of aliphatic hydroxyl groups excluding tert-OH is 1. The lowest BCUT2D eigenvalue weighted by atomic mass is 9.95. The molecule has 0 bridgehead atoms. The van der Waals surface area contributed by atoms with Crippen molar-refractivity contribution in [3.63, 3.8) is 0 Å². The van der Waals surface area contributed by atoms with E-state index in [0.29, 0.717) is 18.5 Å². The highest BCUT2D eigenvalue weighted by Gasteiger charge is 2.32. The molecule has 2 atom stereocenters. The first-order valence-corrected chi connectivity index (χ1v) is 7.20. The number of carbonyl (C=O) groups is 1. The van der Waals surface area contributed by atoms with Gasteiger partial charge in [-0.15, -0.1) is 0 Å². The number of nitrogens with two attached hydrogens (primary N) is 1. The summed E-state index contributed by atoms with van der Waals surface area (Å²) < 4.78 is 0. The van der Waals surface area contributed by atoms with E-state index in [1.807, 2.05) is 26.8 Å². The smallest absolute Gasteiger partial charge is 0.254 e. The quantitative estimate of drug-likeness (QED) is 0.475. The predicted octanol–water partition coefficient (Wildman–Crippen LogP) is 2.85. The molecule has 0 aromatic heterocycles. The third kappa shape index (κ3) is 4.33. The number of piperidine rings is 1. The molecule has 0 aromatic carbocycles. The predicted molar refractivity (Wildman–Crippen MR) is 86.8 cm³/mol. The third-order valence-electron chi connectivity index (χ3n) is 3.92. The molecule has 3 N–H and O–H groups in total. The molecule has 1 heterocycles. The normalized spacial score (nSPS) is 22.7. The average molecular weight is 290 g/mol. The van der Waals surface area contributed by atoms with Crippen LogP contribution >= 0.6 is 0 Å². The van der Waals surface area contributed by atoms with Crippen molar-refractivity contribution in [3.05, 3.63) is 47.8 Å². The van der Waals surface area contributed by atoms with Crippen molar-refractivity contribution in [3.8, 4) is 0 Å². The zero-order valence-corrected chi connectivity index (χ0v) is 13.2. The molecule has 0 unspecified atom stereocenters. The lowest BCUT2D eigenvalue weighted by Gasteiger charge is -2.38. The van der Waals surface area contributed by atoms with Gasteiger partial charge in [0.25, 0.3) is 5.91 Å². The fraction of sp³-hybridized carbons (Fsp3) is 0.471. The Morgan fingerprint density at radius 1 is 1.38 bits per heavy atom. The maximum Gasteiger partial charge on any atom is 0.254 e. The number of hydrogen-bond acceptors (Lipinski definition) is 3. The molecule has 21 heavy (non-hydrogen) atoms. The minimum absolute atomic E-state index is 0.0131. The Morgan fingerprint density at radius 2 is 2.00 bits per heavy atom. The van der Waals surface area contributed by atoms with E-state index < -0.39 is 6.04 Å². The van der Waals surface area contributed by atoms with E-state index in [-0.39, 0.29) is 17.7 Å². The molecule has 0 spiro atoms. The Balaban J connectivity index is 3.06. The number of nitrogens with zero attached hydrogens (tertiary/aromatic N) is 1. The van der Waals surface area contributed by atoms with Crippen LogP contribution in [-0.2, 0) is 4.79 Å². The van der Waals surface area contributed by atoms with E-state index in [4.69, 9.17) is 5.73 Å². The molecule has 4 heteroatoms. The van der Waals surface area contributed by atoms with E-state index in [1.165, 1.54) is 0 Å². The van der Waals surface area contributed by atoms with Crippen molar-refractivity contribution in [1.29, 1.82) is 0 Å². The van der Waals surface area contributed by atoms with Gasteiger partial charge in [0, 0.05) is 18.2 Å². The Kier molecular flexibility index (Phi) is 5.97. The summed E-state index contributed by atoms with van der Waals surface area (Å²) in [6.45, 7) is 13.8. The molecule has 4 nitrogen and oxygen atoms in total. The van der Waals surface area contributed by atoms with Crippen LogP contribution in [0.3, 0.4) is 0 Å². The van der Waals surface area contributed by atoms with Crippen LogP contribution in [0.4, 0.5) is 0 Å². The summed E-state index contributed by atoms with van der Waals surface area (Å²) in [4.78, 5) is 14.3. The molecule has 0 aliphatic carbocycles. The second-order valence-electron chi connectivity index (χ2n) is 5.78. The number of hydrogen-bond donors (Lipinski definition) is 2. The fourth-order valence-corrected chi connectivity index (χ4v) is 2.30. The standard InChI is InChI=1S/C17H26N2O2/c1-6-14(9-12(4)11(2)3)17(21)19-8-7-15(18)10-16(19)13(5)20/h6,9,15-16,20H,1,5,7-8,10,18H2,2-4H3/b14-9+/t15-,16+/m1/s1. The van der Waals surface area contributed by atoms with Gasteiger partial charge < -0.3 is 15.7 Å². The van der Waals surface area contributed by atoms with Gasteiger partial charge in [0.2, 0.25) is 0 Å². The lowest BCUT2D eigenvalue weighted by molar-refractivity contribution is -0.130. The Bertz CT molecular complexity index is 499. The first-order valence-electron chi connectivity index (χ1n) is 7.20. The zero-order valence-electron chi connectivity index (χ0n) is 13.2. The Labute approximate surface area is 127 Å². The SMILES string of the molecule is C=C/C(=C\C(C)=C(C)C)C(=O)N1CC[C@@H](N)C[C@H]1C(=C)O. The molecule has 1 amide bonds. The zero-order chi connectivity index (χ0) is 16.2. The summed E-state index contributed by atoms with van der Waals surface area (Å²) in [7, 11) is 0.